The van der Waals surface area contributed by atoms with Gasteiger partial charge in [-0.3, -0.25) is 4.57 Å². The monoisotopic (exact) mass is 339 g/mol. The predicted octanol–water partition coefficient (Wildman–Crippen LogP) is 4.87. The molecule has 0 N–H and O–H groups in total. The number of thioether (sulfide) groups is 1. The molecule has 0 aliphatic heterocycles. The van der Waals surface area contributed by atoms with Gasteiger partial charge in [0.2, 0.25) is 0 Å². The highest BCUT2D eigenvalue weighted by molar-refractivity contribution is 7.98. The molecule has 0 fully saturated rings. The van der Waals surface area contributed by atoms with Gasteiger partial charge in [-0.25, -0.2) is 4.39 Å². The maximum absolute atomic E-state index is 13.0. The zero-order chi connectivity index (χ0) is 16.9. The zero-order valence-electron chi connectivity index (χ0n) is 13.4. The minimum atomic E-state index is -0.222. The Morgan fingerprint density at radius 3 is 2.67 bits per heavy atom. The second kappa shape index (κ2) is 7.45. The summed E-state index contributed by atoms with van der Waals surface area (Å²) in [4.78, 5) is 0. The molecule has 3 aromatic rings. The van der Waals surface area contributed by atoms with Gasteiger partial charge in [0, 0.05) is 17.9 Å². The second-order valence-corrected chi connectivity index (χ2v) is 6.43. The lowest BCUT2D eigenvalue weighted by atomic mass is 10.1. The van der Waals surface area contributed by atoms with Gasteiger partial charge in [0.05, 0.1) is 0 Å². The van der Waals surface area contributed by atoms with Crippen molar-refractivity contribution in [3.05, 3.63) is 78.1 Å². The van der Waals surface area contributed by atoms with Gasteiger partial charge in [0.25, 0.3) is 0 Å². The molecule has 122 valence electrons. The Kier molecular flexibility index (Phi) is 5.11. The van der Waals surface area contributed by atoms with E-state index in [1.807, 2.05) is 18.2 Å². The van der Waals surface area contributed by atoms with Crippen molar-refractivity contribution < 1.29 is 4.39 Å². The van der Waals surface area contributed by atoms with Crippen molar-refractivity contribution in [2.45, 2.75) is 24.4 Å². The van der Waals surface area contributed by atoms with Crippen LogP contribution in [-0.4, -0.2) is 14.8 Å². The molecule has 0 aliphatic carbocycles. The number of rotatable bonds is 6. The van der Waals surface area contributed by atoms with Crippen LogP contribution in [0.25, 0.3) is 11.4 Å². The van der Waals surface area contributed by atoms with E-state index in [4.69, 9.17) is 0 Å². The van der Waals surface area contributed by atoms with Crippen molar-refractivity contribution in [3.63, 3.8) is 0 Å². The Balaban J connectivity index is 1.85. The largest absolute Gasteiger partial charge is 0.298 e. The summed E-state index contributed by atoms with van der Waals surface area (Å²) in [6.45, 7) is 6.53. The first-order chi connectivity index (χ1) is 11.7. The fourth-order valence-corrected chi connectivity index (χ4v) is 3.32. The van der Waals surface area contributed by atoms with Crippen LogP contribution >= 0.6 is 11.8 Å². The number of allylic oxidation sites excluding steroid dienone is 1. The van der Waals surface area contributed by atoms with E-state index in [-0.39, 0.29) is 5.82 Å². The van der Waals surface area contributed by atoms with Crippen molar-refractivity contribution in [2.24, 2.45) is 0 Å². The Hall–Kier alpha value is -2.40. The summed E-state index contributed by atoms with van der Waals surface area (Å²) in [6, 6.07) is 14.7. The number of halogens is 1. The van der Waals surface area contributed by atoms with Gasteiger partial charge in [0.1, 0.15) is 5.82 Å². The van der Waals surface area contributed by atoms with Crippen LogP contribution in [0.3, 0.4) is 0 Å². The number of hydrogen-bond acceptors (Lipinski definition) is 3. The standard InChI is InChI=1S/C19H18FN3S/c1-3-11-23-18(16-6-4-5-14(2)12-16)21-22-19(23)24-13-15-7-9-17(20)10-8-15/h3-10,12H,1,11,13H2,2H3. The molecule has 1 heterocycles. The van der Waals surface area contributed by atoms with Crippen LogP contribution in [-0.2, 0) is 12.3 Å². The number of nitrogens with zero attached hydrogens (tertiary/aromatic N) is 3. The number of hydrogen-bond donors (Lipinski definition) is 0. The number of aryl methyl sites for hydroxylation is 1. The van der Waals surface area contributed by atoms with Gasteiger partial charge in [-0.05, 0) is 30.7 Å². The van der Waals surface area contributed by atoms with E-state index >= 15 is 0 Å². The summed E-state index contributed by atoms with van der Waals surface area (Å²) >= 11 is 1.58. The molecule has 0 atom stereocenters. The maximum atomic E-state index is 13.0. The molecule has 0 unspecified atom stereocenters. The number of aromatic nitrogens is 3. The first-order valence-corrected chi connectivity index (χ1v) is 8.64. The van der Waals surface area contributed by atoms with E-state index in [0.717, 1.165) is 22.1 Å². The molecule has 3 nitrogen and oxygen atoms in total. The second-order valence-electron chi connectivity index (χ2n) is 5.49. The molecule has 0 bridgehead atoms. The lowest BCUT2D eigenvalue weighted by molar-refractivity contribution is 0.627. The fourth-order valence-electron chi connectivity index (χ4n) is 2.42. The topological polar surface area (TPSA) is 30.7 Å². The number of benzene rings is 2. The molecule has 5 heteroatoms. The zero-order valence-corrected chi connectivity index (χ0v) is 14.3. The molecular formula is C19H18FN3S. The summed E-state index contributed by atoms with van der Waals surface area (Å²) in [5, 5.41) is 9.51. The molecule has 24 heavy (non-hydrogen) atoms. The maximum Gasteiger partial charge on any atom is 0.192 e. The third-order valence-corrected chi connectivity index (χ3v) is 4.62. The third-order valence-electron chi connectivity index (χ3n) is 3.59. The molecule has 0 radical (unpaired) electrons. The molecule has 0 spiro atoms. The smallest absolute Gasteiger partial charge is 0.192 e. The lowest BCUT2D eigenvalue weighted by Crippen LogP contribution is -2.00. The van der Waals surface area contributed by atoms with E-state index in [0.29, 0.717) is 12.3 Å². The Bertz CT molecular complexity index is 840. The fraction of sp³-hybridized carbons (Fsp3) is 0.158. The third kappa shape index (κ3) is 3.74. The highest BCUT2D eigenvalue weighted by atomic mass is 32.2. The molecule has 2 aromatic carbocycles. The van der Waals surface area contributed by atoms with Crippen LogP contribution in [0, 0.1) is 12.7 Å². The summed E-state index contributed by atoms with van der Waals surface area (Å²) < 4.78 is 15.0. The Morgan fingerprint density at radius 2 is 1.96 bits per heavy atom. The van der Waals surface area contributed by atoms with E-state index in [2.05, 4.69) is 40.4 Å². The molecule has 0 saturated carbocycles. The summed E-state index contributed by atoms with van der Waals surface area (Å²) in [6.07, 6.45) is 1.84. The van der Waals surface area contributed by atoms with Crippen molar-refractivity contribution in [3.8, 4) is 11.4 Å². The van der Waals surface area contributed by atoms with Gasteiger partial charge in [-0.1, -0.05) is 53.7 Å². The van der Waals surface area contributed by atoms with Crippen molar-refractivity contribution >= 4 is 11.8 Å². The lowest BCUT2D eigenvalue weighted by Gasteiger charge is -2.08. The van der Waals surface area contributed by atoms with Gasteiger partial charge in [-0.2, -0.15) is 0 Å². The molecular weight excluding hydrogens is 321 g/mol. The summed E-state index contributed by atoms with van der Waals surface area (Å²) in [7, 11) is 0. The van der Waals surface area contributed by atoms with Crippen molar-refractivity contribution in [1.82, 2.24) is 14.8 Å². The molecule has 0 saturated heterocycles. The van der Waals surface area contributed by atoms with Gasteiger partial charge < -0.3 is 0 Å². The first kappa shape index (κ1) is 16.5. The molecule has 0 amide bonds. The normalized spacial score (nSPS) is 10.8. The predicted molar refractivity (Wildman–Crippen MR) is 96.4 cm³/mol. The highest BCUT2D eigenvalue weighted by Crippen LogP contribution is 2.27. The van der Waals surface area contributed by atoms with Gasteiger partial charge in [-0.15, -0.1) is 16.8 Å². The molecule has 0 aliphatic rings. The van der Waals surface area contributed by atoms with Gasteiger partial charge in [0.15, 0.2) is 11.0 Å². The van der Waals surface area contributed by atoms with Gasteiger partial charge >= 0.3 is 0 Å². The molecule has 1 aromatic heterocycles. The van der Waals surface area contributed by atoms with Crippen LogP contribution in [0.15, 0.2) is 66.3 Å². The van der Waals surface area contributed by atoms with Crippen molar-refractivity contribution in [2.75, 3.05) is 0 Å². The Labute approximate surface area is 145 Å². The minimum absolute atomic E-state index is 0.222. The van der Waals surface area contributed by atoms with E-state index in [9.17, 15) is 4.39 Å². The Morgan fingerprint density at radius 1 is 1.17 bits per heavy atom. The van der Waals surface area contributed by atoms with Crippen LogP contribution in [0.5, 0.6) is 0 Å². The highest BCUT2D eigenvalue weighted by Gasteiger charge is 2.13. The van der Waals surface area contributed by atoms with Crippen molar-refractivity contribution in [1.29, 1.82) is 0 Å². The van der Waals surface area contributed by atoms with Crippen LogP contribution in [0.1, 0.15) is 11.1 Å². The van der Waals surface area contributed by atoms with E-state index < -0.39 is 0 Å². The van der Waals surface area contributed by atoms with Crippen LogP contribution in [0.2, 0.25) is 0 Å². The SMILES string of the molecule is C=CCn1c(SCc2ccc(F)cc2)nnc1-c1cccc(C)c1. The minimum Gasteiger partial charge on any atom is -0.298 e. The molecule has 3 rings (SSSR count). The van der Waals surface area contributed by atoms with Crippen LogP contribution < -0.4 is 0 Å². The van der Waals surface area contributed by atoms with E-state index in [1.165, 1.54) is 17.7 Å². The average molecular weight is 339 g/mol. The summed E-state index contributed by atoms with van der Waals surface area (Å²) in [5.41, 5.74) is 3.27. The summed E-state index contributed by atoms with van der Waals surface area (Å²) in [5.74, 6) is 1.32. The van der Waals surface area contributed by atoms with Crippen LogP contribution in [0.4, 0.5) is 4.39 Å². The quantitative estimate of drug-likeness (QED) is 0.474. The first-order valence-electron chi connectivity index (χ1n) is 7.66. The van der Waals surface area contributed by atoms with E-state index in [1.54, 1.807) is 23.9 Å². The average Bonchev–Trinajstić information content (AvgIpc) is 2.98.